The Morgan fingerprint density at radius 2 is 1.96 bits per heavy atom. The molecule has 0 aliphatic heterocycles. The highest BCUT2D eigenvalue weighted by Crippen LogP contribution is 2.34. The van der Waals surface area contributed by atoms with E-state index in [1.165, 1.54) is 0 Å². The fourth-order valence-electron chi connectivity index (χ4n) is 3.59. The first kappa shape index (κ1) is 20.6. The molecular formula is C22H28ClN3O2. The van der Waals surface area contributed by atoms with E-state index in [9.17, 15) is 5.11 Å². The number of benzene rings is 2. The normalized spacial score (nSPS) is 13.8. The summed E-state index contributed by atoms with van der Waals surface area (Å²) in [5, 5.41) is 16.9. The molecule has 0 fully saturated rings. The Bertz CT molecular complexity index is 975. The van der Waals surface area contributed by atoms with Crippen molar-refractivity contribution >= 4 is 39.1 Å². The SMILES string of the molecule is CCCN(C)CC(C)(O)CNc1c2ccc(Cl)cc2nc2ccc(OC)cc12. The number of rotatable bonds is 8. The zero-order valence-electron chi connectivity index (χ0n) is 16.9. The van der Waals surface area contributed by atoms with Gasteiger partial charge in [0.25, 0.3) is 0 Å². The number of anilines is 1. The number of aromatic nitrogens is 1. The molecule has 0 spiro atoms. The molecule has 1 unspecified atom stereocenters. The van der Waals surface area contributed by atoms with Crippen LogP contribution >= 0.6 is 11.6 Å². The minimum absolute atomic E-state index is 0.412. The molecule has 0 amide bonds. The first-order valence-electron chi connectivity index (χ1n) is 9.55. The van der Waals surface area contributed by atoms with E-state index in [0.29, 0.717) is 18.1 Å². The number of pyridine rings is 1. The van der Waals surface area contributed by atoms with Gasteiger partial charge in [-0.05, 0) is 63.3 Å². The maximum absolute atomic E-state index is 10.9. The number of hydrogen-bond acceptors (Lipinski definition) is 5. The molecule has 0 aliphatic rings. The quantitative estimate of drug-likeness (QED) is 0.542. The lowest BCUT2D eigenvalue weighted by atomic mass is 10.0. The lowest BCUT2D eigenvalue weighted by molar-refractivity contribution is 0.0391. The Hall–Kier alpha value is -2.08. The molecule has 0 bridgehead atoms. The second-order valence-electron chi connectivity index (χ2n) is 7.62. The van der Waals surface area contributed by atoms with Crippen molar-refractivity contribution in [2.45, 2.75) is 25.9 Å². The minimum Gasteiger partial charge on any atom is -0.497 e. The van der Waals surface area contributed by atoms with Crippen LogP contribution in [0.15, 0.2) is 36.4 Å². The van der Waals surface area contributed by atoms with Crippen molar-refractivity contribution in [3.8, 4) is 5.75 Å². The fourth-order valence-corrected chi connectivity index (χ4v) is 3.76. The highest BCUT2D eigenvalue weighted by atomic mass is 35.5. The molecule has 2 N–H and O–H groups in total. The smallest absolute Gasteiger partial charge is 0.119 e. The molecule has 1 aromatic heterocycles. The summed E-state index contributed by atoms with van der Waals surface area (Å²) in [6, 6.07) is 11.5. The number of ether oxygens (including phenoxy) is 1. The van der Waals surface area contributed by atoms with E-state index < -0.39 is 5.60 Å². The summed E-state index contributed by atoms with van der Waals surface area (Å²) >= 11 is 6.18. The zero-order valence-corrected chi connectivity index (χ0v) is 17.7. The van der Waals surface area contributed by atoms with E-state index in [0.717, 1.165) is 46.2 Å². The Balaban J connectivity index is 2.01. The molecule has 0 aliphatic carbocycles. The largest absolute Gasteiger partial charge is 0.497 e. The van der Waals surface area contributed by atoms with Crippen molar-refractivity contribution in [2.75, 3.05) is 39.1 Å². The predicted molar refractivity (Wildman–Crippen MR) is 118 cm³/mol. The van der Waals surface area contributed by atoms with Gasteiger partial charge in [-0.1, -0.05) is 18.5 Å². The van der Waals surface area contributed by atoms with Crippen LogP contribution in [0.25, 0.3) is 21.8 Å². The van der Waals surface area contributed by atoms with Crippen molar-refractivity contribution in [3.05, 3.63) is 41.4 Å². The van der Waals surface area contributed by atoms with Crippen LogP contribution in [0.1, 0.15) is 20.3 Å². The fraction of sp³-hybridized carbons (Fsp3) is 0.409. The average Bonchev–Trinajstić information content (AvgIpc) is 2.64. The monoisotopic (exact) mass is 401 g/mol. The number of halogens is 1. The number of nitrogens with zero attached hydrogens (tertiary/aromatic N) is 2. The van der Waals surface area contributed by atoms with Crippen LogP contribution in [0.4, 0.5) is 5.69 Å². The molecular weight excluding hydrogens is 374 g/mol. The second-order valence-corrected chi connectivity index (χ2v) is 8.06. The molecule has 28 heavy (non-hydrogen) atoms. The summed E-state index contributed by atoms with van der Waals surface area (Å²) in [6.07, 6.45) is 1.06. The molecule has 0 saturated carbocycles. The molecule has 6 heteroatoms. The van der Waals surface area contributed by atoms with Gasteiger partial charge in [-0.25, -0.2) is 4.98 Å². The molecule has 1 atom stereocenters. The lowest BCUT2D eigenvalue weighted by Crippen LogP contribution is -2.44. The number of likely N-dealkylation sites (N-methyl/N-ethyl adjacent to an activating group) is 1. The minimum atomic E-state index is -0.878. The average molecular weight is 402 g/mol. The third-order valence-corrected chi connectivity index (χ3v) is 5.04. The van der Waals surface area contributed by atoms with Gasteiger partial charge in [0.05, 0.1) is 29.4 Å². The van der Waals surface area contributed by atoms with Gasteiger partial charge in [-0.15, -0.1) is 0 Å². The third-order valence-electron chi connectivity index (χ3n) is 4.80. The van der Waals surface area contributed by atoms with E-state index in [4.69, 9.17) is 21.3 Å². The second kappa shape index (κ2) is 8.52. The van der Waals surface area contributed by atoms with Crippen LogP contribution in [-0.2, 0) is 0 Å². The van der Waals surface area contributed by atoms with Crippen molar-refractivity contribution in [1.29, 1.82) is 0 Å². The van der Waals surface area contributed by atoms with Gasteiger partial charge in [0.15, 0.2) is 0 Å². The lowest BCUT2D eigenvalue weighted by Gasteiger charge is -2.30. The summed E-state index contributed by atoms with van der Waals surface area (Å²) in [7, 11) is 3.68. The van der Waals surface area contributed by atoms with E-state index in [1.54, 1.807) is 7.11 Å². The Labute approximate surface area is 171 Å². The summed E-state index contributed by atoms with van der Waals surface area (Å²) in [4.78, 5) is 6.89. The number of methoxy groups -OCH3 is 1. The standard InChI is InChI=1S/C22H28ClN3O2/c1-5-10-26(3)14-22(2,27)13-24-21-17-8-6-15(23)11-20(17)25-19-9-7-16(28-4)12-18(19)21/h6-9,11-12,27H,5,10,13-14H2,1-4H3,(H,24,25). The molecule has 0 radical (unpaired) electrons. The van der Waals surface area contributed by atoms with Crippen LogP contribution in [0.5, 0.6) is 5.75 Å². The molecule has 3 aromatic rings. The van der Waals surface area contributed by atoms with Gasteiger partial charge in [-0.2, -0.15) is 0 Å². The molecule has 3 rings (SSSR count). The highest BCUT2D eigenvalue weighted by molar-refractivity contribution is 6.31. The maximum atomic E-state index is 10.9. The molecule has 0 saturated heterocycles. The van der Waals surface area contributed by atoms with Crippen LogP contribution in [-0.4, -0.2) is 54.4 Å². The first-order chi connectivity index (χ1) is 13.3. The van der Waals surface area contributed by atoms with E-state index >= 15 is 0 Å². The Morgan fingerprint density at radius 3 is 2.68 bits per heavy atom. The van der Waals surface area contributed by atoms with E-state index in [2.05, 4.69) is 17.1 Å². The number of nitrogens with one attached hydrogen (secondary N) is 1. The first-order valence-corrected chi connectivity index (χ1v) is 9.92. The molecule has 1 heterocycles. The summed E-state index contributed by atoms with van der Waals surface area (Å²) in [5.74, 6) is 0.764. The predicted octanol–water partition coefficient (Wildman–Crippen LogP) is 4.55. The molecule has 150 valence electrons. The van der Waals surface area contributed by atoms with Crippen LogP contribution in [0.3, 0.4) is 0 Å². The Morgan fingerprint density at radius 1 is 1.18 bits per heavy atom. The third kappa shape index (κ3) is 4.66. The van der Waals surface area contributed by atoms with Crippen LogP contribution in [0, 0.1) is 0 Å². The van der Waals surface area contributed by atoms with Crippen molar-refractivity contribution in [1.82, 2.24) is 9.88 Å². The van der Waals surface area contributed by atoms with Gasteiger partial charge in [-0.3, -0.25) is 0 Å². The maximum Gasteiger partial charge on any atom is 0.119 e. The Kier molecular flexibility index (Phi) is 6.28. The van der Waals surface area contributed by atoms with E-state index in [-0.39, 0.29) is 0 Å². The van der Waals surface area contributed by atoms with Crippen LogP contribution in [0.2, 0.25) is 5.02 Å². The number of hydrogen-bond donors (Lipinski definition) is 2. The van der Waals surface area contributed by atoms with Gasteiger partial charge in [0.1, 0.15) is 5.75 Å². The van der Waals surface area contributed by atoms with Gasteiger partial charge in [0, 0.05) is 28.9 Å². The number of fused-ring (bicyclic) bond motifs is 2. The summed E-state index contributed by atoms with van der Waals surface area (Å²) in [5.41, 5.74) is 1.71. The molecule has 5 nitrogen and oxygen atoms in total. The zero-order chi connectivity index (χ0) is 20.3. The van der Waals surface area contributed by atoms with E-state index in [1.807, 2.05) is 50.4 Å². The van der Waals surface area contributed by atoms with Gasteiger partial charge < -0.3 is 20.1 Å². The summed E-state index contributed by atoms with van der Waals surface area (Å²) < 4.78 is 5.40. The molecule has 2 aromatic carbocycles. The topological polar surface area (TPSA) is 57.6 Å². The summed E-state index contributed by atoms with van der Waals surface area (Å²) in [6.45, 7) is 5.94. The van der Waals surface area contributed by atoms with Crippen molar-refractivity contribution < 1.29 is 9.84 Å². The van der Waals surface area contributed by atoms with Gasteiger partial charge >= 0.3 is 0 Å². The number of aliphatic hydroxyl groups is 1. The van der Waals surface area contributed by atoms with Crippen molar-refractivity contribution in [2.24, 2.45) is 0 Å². The van der Waals surface area contributed by atoms with Gasteiger partial charge in [0.2, 0.25) is 0 Å². The van der Waals surface area contributed by atoms with Crippen molar-refractivity contribution in [3.63, 3.8) is 0 Å². The highest BCUT2D eigenvalue weighted by Gasteiger charge is 2.23. The van der Waals surface area contributed by atoms with Crippen LogP contribution < -0.4 is 10.1 Å².